The molecule has 0 aromatic heterocycles. The number of carboxylic acid groups (broad SMARTS) is 3. The lowest BCUT2D eigenvalue weighted by atomic mass is 10.0. The molecule has 0 amide bonds. The standard InChI is InChI=1S/C12H23NO3.C12H21NO3.C12H19NO3.3CH4/c3*1-2-3-7-10(14)8-5-4-6-9-11(13)12(15)16;;;/h11H,2-9,13H2,1H3,(H,15,16);2,11H,1,3-9,13H2,(H,15,16);1,11H,3-9,13H2,(H,15,16);3*1H4/t3*11-;;;/m000.../s1. The lowest BCUT2D eigenvalue weighted by Crippen LogP contribution is -2.29. The molecule has 0 aromatic carbocycles. The number of Topliss-reactive ketones (excluding diaryl/α,β-unsaturated/α-hetero) is 3. The largest absolute Gasteiger partial charge is 0.480 e. The maximum Gasteiger partial charge on any atom is 0.320 e. The van der Waals surface area contributed by atoms with E-state index in [9.17, 15) is 28.8 Å². The van der Waals surface area contributed by atoms with E-state index in [4.69, 9.17) is 38.9 Å². The van der Waals surface area contributed by atoms with Crippen molar-refractivity contribution in [2.45, 2.75) is 189 Å². The van der Waals surface area contributed by atoms with E-state index in [0.717, 1.165) is 77.0 Å². The molecule has 0 aliphatic heterocycles. The fourth-order valence-electron chi connectivity index (χ4n) is 4.18. The Morgan fingerprint density at radius 2 is 0.882 bits per heavy atom. The highest BCUT2D eigenvalue weighted by Gasteiger charge is 2.12. The molecule has 0 bridgehead atoms. The number of rotatable bonds is 29. The van der Waals surface area contributed by atoms with Crippen molar-refractivity contribution in [1.29, 1.82) is 0 Å². The molecule has 51 heavy (non-hydrogen) atoms. The van der Waals surface area contributed by atoms with Crippen LogP contribution in [-0.2, 0) is 28.8 Å². The van der Waals surface area contributed by atoms with Crippen LogP contribution >= 0.6 is 0 Å². The third-order valence-electron chi connectivity index (χ3n) is 7.35. The number of hydrogen-bond donors (Lipinski definition) is 6. The Bertz CT molecular complexity index is 964. The number of hydrogen-bond acceptors (Lipinski definition) is 9. The minimum absolute atomic E-state index is 0. The molecule has 0 rings (SSSR count). The number of unbranched alkanes of at least 4 members (excludes halogenated alkanes) is 7. The first kappa shape index (κ1) is 59.7. The molecule has 0 fully saturated rings. The molecule has 3 atom stereocenters. The van der Waals surface area contributed by atoms with E-state index >= 15 is 0 Å². The van der Waals surface area contributed by atoms with Crippen molar-refractivity contribution in [2.75, 3.05) is 0 Å². The monoisotopic (exact) mass is 730 g/mol. The summed E-state index contributed by atoms with van der Waals surface area (Å²) < 4.78 is 0. The first-order valence-electron chi connectivity index (χ1n) is 17.3. The van der Waals surface area contributed by atoms with Crippen LogP contribution in [0.5, 0.6) is 0 Å². The Morgan fingerprint density at radius 1 is 0.569 bits per heavy atom. The van der Waals surface area contributed by atoms with E-state index in [2.05, 4.69) is 19.4 Å². The molecular weight excluding hydrogens is 654 g/mol. The minimum Gasteiger partial charge on any atom is -0.480 e. The van der Waals surface area contributed by atoms with Crippen LogP contribution in [0.3, 0.4) is 0 Å². The van der Waals surface area contributed by atoms with Gasteiger partial charge in [0.25, 0.3) is 0 Å². The van der Waals surface area contributed by atoms with Gasteiger partial charge in [0.05, 0.1) is 0 Å². The fourth-order valence-corrected chi connectivity index (χ4v) is 4.18. The highest BCUT2D eigenvalue weighted by molar-refractivity contribution is 5.79. The Balaban J connectivity index is -0.000000145. The van der Waals surface area contributed by atoms with Crippen LogP contribution in [0.2, 0.25) is 0 Å². The third kappa shape index (κ3) is 46.6. The number of carbonyl (C=O) groups is 6. The van der Waals surface area contributed by atoms with Gasteiger partial charge in [0.1, 0.15) is 35.5 Å². The second-order valence-corrected chi connectivity index (χ2v) is 11.9. The minimum atomic E-state index is -0.968. The molecule has 0 saturated heterocycles. The first-order valence-corrected chi connectivity index (χ1v) is 17.3. The van der Waals surface area contributed by atoms with Crippen molar-refractivity contribution in [3.63, 3.8) is 0 Å². The summed E-state index contributed by atoms with van der Waals surface area (Å²) in [6, 6.07) is -2.30. The predicted molar refractivity (Wildman–Crippen MR) is 208 cm³/mol. The van der Waals surface area contributed by atoms with Crippen LogP contribution in [0, 0.1) is 12.3 Å². The summed E-state index contributed by atoms with van der Waals surface area (Å²) in [6.07, 6.45) is 22.3. The fraction of sp³-hybridized carbons (Fsp3) is 0.744. The first-order chi connectivity index (χ1) is 22.7. The zero-order valence-corrected chi connectivity index (χ0v) is 29.2. The van der Waals surface area contributed by atoms with Crippen LogP contribution in [0.25, 0.3) is 0 Å². The van der Waals surface area contributed by atoms with Crippen LogP contribution in [0.4, 0.5) is 0 Å². The van der Waals surface area contributed by atoms with Crippen LogP contribution in [0.15, 0.2) is 12.7 Å². The molecule has 0 unspecified atom stereocenters. The topological polar surface area (TPSA) is 241 Å². The van der Waals surface area contributed by atoms with Gasteiger partial charge < -0.3 is 32.5 Å². The Hall–Kier alpha value is -3.40. The van der Waals surface area contributed by atoms with E-state index in [-0.39, 0.29) is 33.8 Å². The normalized spacial score (nSPS) is 11.4. The molecular formula is C39H75N3O9. The highest BCUT2D eigenvalue weighted by Crippen LogP contribution is 2.10. The predicted octanol–water partition coefficient (Wildman–Crippen LogP) is 7.23. The number of carboxylic acids is 3. The van der Waals surface area contributed by atoms with Gasteiger partial charge >= 0.3 is 17.9 Å². The average Bonchev–Trinajstić information content (AvgIpc) is 3.04. The number of nitrogens with two attached hydrogens (primary N) is 3. The summed E-state index contributed by atoms with van der Waals surface area (Å²) in [4.78, 5) is 64.9. The smallest absolute Gasteiger partial charge is 0.320 e. The van der Waals surface area contributed by atoms with Crippen molar-refractivity contribution >= 4 is 35.3 Å². The second kappa shape index (κ2) is 42.8. The maximum atomic E-state index is 11.3. The molecule has 12 heteroatoms. The summed E-state index contributed by atoms with van der Waals surface area (Å²) in [5.74, 6) is 0.312. The lowest BCUT2D eigenvalue weighted by Gasteiger charge is -2.05. The zero-order valence-electron chi connectivity index (χ0n) is 29.2. The summed E-state index contributed by atoms with van der Waals surface area (Å²) in [7, 11) is 0. The van der Waals surface area contributed by atoms with Gasteiger partial charge in [-0.25, -0.2) is 0 Å². The van der Waals surface area contributed by atoms with Crippen molar-refractivity contribution in [1.82, 2.24) is 0 Å². The molecule has 0 spiro atoms. The molecule has 12 nitrogen and oxygen atoms in total. The van der Waals surface area contributed by atoms with Crippen molar-refractivity contribution < 1.29 is 44.1 Å². The summed E-state index contributed by atoms with van der Waals surface area (Å²) >= 11 is 0. The van der Waals surface area contributed by atoms with Gasteiger partial charge in [-0.15, -0.1) is 18.9 Å². The summed E-state index contributed by atoms with van der Waals surface area (Å²) in [6.45, 7) is 5.63. The van der Waals surface area contributed by atoms with Crippen molar-refractivity contribution in [3.8, 4) is 12.3 Å². The number of carbonyl (C=O) groups excluding carboxylic acids is 3. The number of terminal acetylenes is 1. The van der Waals surface area contributed by atoms with E-state index in [1.165, 1.54) is 0 Å². The van der Waals surface area contributed by atoms with Crippen molar-refractivity contribution in [3.05, 3.63) is 12.7 Å². The molecule has 0 heterocycles. The third-order valence-corrected chi connectivity index (χ3v) is 7.35. The Kier molecular flexibility index (Phi) is 50.1. The van der Waals surface area contributed by atoms with Gasteiger partial charge in [-0.3, -0.25) is 28.8 Å². The van der Waals surface area contributed by atoms with Crippen molar-refractivity contribution in [2.24, 2.45) is 17.2 Å². The van der Waals surface area contributed by atoms with Crippen LogP contribution < -0.4 is 17.2 Å². The molecule has 0 radical (unpaired) electrons. The van der Waals surface area contributed by atoms with Gasteiger partial charge in [0, 0.05) is 44.9 Å². The Morgan fingerprint density at radius 3 is 1.18 bits per heavy atom. The Labute approximate surface area is 309 Å². The van der Waals surface area contributed by atoms with E-state index < -0.39 is 36.0 Å². The molecule has 0 aromatic rings. The van der Waals surface area contributed by atoms with Gasteiger partial charge in [-0.1, -0.05) is 80.2 Å². The number of allylic oxidation sites excluding steroid dienone is 1. The van der Waals surface area contributed by atoms with Gasteiger partial charge in [0.15, 0.2) is 0 Å². The summed E-state index contributed by atoms with van der Waals surface area (Å²) in [5.41, 5.74) is 16.0. The molecule has 0 saturated carbocycles. The van der Waals surface area contributed by atoms with E-state index in [1.807, 2.05) is 0 Å². The molecule has 0 aliphatic rings. The van der Waals surface area contributed by atoms with Gasteiger partial charge in [-0.2, -0.15) is 0 Å². The SMILES string of the molecule is C.C.C.C#CCCC(=O)CCCCC[C@H](N)C(=O)O.C=CCCC(=O)CCCCC[C@H](N)C(=O)O.CCCCC(=O)CCCCC[C@H](N)C(=O)O. The number of ketones is 3. The lowest BCUT2D eigenvalue weighted by molar-refractivity contribution is -0.139. The van der Waals surface area contributed by atoms with Crippen LogP contribution in [0.1, 0.15) is 170 Å². The molecule has 9 N–H and O–H groups in total. The van der Waals surface area contributed by atoms with Crippen LogP contribution in [-0.4, -0.2) is 68.7 Å². The quantitative estimate of drug-likeness (QED) is 0.0254. The average molecular weight is 730 g/mol. The maximum absolute atomic E-state index is 11.3. The molecule has 300 valence electrons. The zero-order chi connectivity index (χ0) is 37.2. The van der Waals surface area contributed by atoms with Gasteiger partial charge in [0.2, 0.25) is 0 Å². The van der Waals surface area contributed by atoms with Gasteiger partial charge in [-0.05, 0) is 51.4 Å². The second-order valence-electron chi connectivity index (χ2n) is 11.9. The van der Waals surface area contributed by atoms with E-state index in [0.29, 0.717) is 70.0 Å². The highest BCUT2D eigenvalue weighted by atomic mass is 16.4. The number of aliphatic carboxylic acids is 3. The molecule has 0 aliphatic carbocycles. The summed E-state index contributed by atoms with van der Waals surface area (Å²) in [5, 5.41) is 25.6. The van der Waals surface area contributed by atoms with E-state index in [1.54, 1.807) is 6.08 Å².